The third-order valence-corrected chi connectivity index (χ3v) is 10.3. The fourth-order valence-electron chi connectivity index (χ4n) is 8.18. The molecule has 0 radical (unpaired) electrons. The number of ketones is 2. The Morgan fingerprint density at radius 3 is 2.29 bits per heavy atom. The van der Waals surface area contributed by atoms with Gasteiger partial charge in [-0.05, 0) is 73.0 Å². The summed E-state index contributed by atoms with van der Waals surface area (Å²) in [7, 11) is 0. The summed E-state index contributed by atoms with van der Waals surface area (Å²) in [5.74, 6) is -2.95. The lowest BCUT2D eigenvalue weighted by Gasteiger charge is -2.42. The van der Waals surface area contributed by atoms with Crippen LogP contribution in [0.3, 0.4) is 0 Å². The highest BCUT2D eigenvalue weighted by molar-refractivity contribution is 6.25. The second-order valence-corrected chi connectivity index (χ2v) is 12.6. The first-order chi connectivity index (χ1) is 21.8. The van der Waals surface area contributed by atoms with E-state index in [0.29, 0.717) is 47.4 Å². The minimum absolute atomic E-state index is 0.127. The molecule has 1 N–H and O–H groups in total. The number of allylic oxidation sites excluding steroid dienone is 6. The topological polar surface area (TPSA) is 104 Å². The van der Waals surface area contributed by atoms with Crippen LogP contribution in [0.2, 0.25) is 0 Å². The molecule has 2 saturated heterocycles. The molecule has 226 valence electrons. The van der Waals surface area contributed by atoms with Crippen LogP contribution in [0, 0.1) is 17.8 Å². The maximum absolute atomic E-state index is 14.3. The van der Waals surface area contributed by atoms with Gasteiger partial charge in [-0.1, -0.05) is 42.0 Å². The molecule has 4 atom stereocenters. The fraction of sp³-hybridized carbons (Fsp3) is 0.297. The van der Waals surface area contributed by atoms with E-state index in [0.717, 1.165) is 35.3 Å². The number of phenols is 1. The first kappa shape index (κ1) is 27.7. The Morgan fingerprint density at radius 2 is 1.53 bits per heavy atom. The molecule has 8 heteroatoms. The Hall–Kier alpha value is -4.82. The highest BCUT2D eigenvalue weighted by Gasteiger charge is 2.56. The number of imide groups is 1. The van der Waals surface area contributed by atoms with Gasteiger partial charge in [0.15, 0.2) is 11.6 Å². The molecule has 2 fully saturated rings. The molecule has 2 heterocycles. The van der Waals surface area contributed by atoms with Crippen molar-refractivity contribution in [2.45, 2.75) is 25.7 Å². The molecular formula is C37H32N2O6. The third-order valence-electron chi connectivity index (χ3n) is 10.3. The van der Waals surface area contributed by atoms with Gasteiger partial charge in [-0.25, -0.2) is 0 Å². The fourth-order valence-corrected chi connectivity index (χ4v) is 8.18. The summed E-state index contributed by atoms with van der Waals surface area (Å²) in [5.41, 5.74) is 4.49. The van der Waals surface area contributed by atoms with Gasteiger partial charge in [0.2, 0.25) is 11.8 Å². The standard InChI is InChI=1S/C37H32N2O6/c1-20-18-31(41)34-29(35(20)42)19-28-26(32(34)25-12-13-30(40)24-5-3-2-4-23(24)25)10-11-27-33(28)37(44)39(36(27)43)22-8-6-21(7-9-22)38-14-16-45-17-15-38/h2-10,12-13,18,27-28,32-33,40H,11,14-17,19H2,1H3/t27-,28+,32-,33-/m0/s1. The van der Waals surface area contributed by atoms with E-state index in [2.05, 4.69) is 4.90 Å². The Bertz CT molecular complexity index is 1910. The number of fused-ring (bicyclic) bond motifs is 4. The number of aromatic hydroxyl groups is 1. The number of benzene rings is 3. The van der Waals surface area contributed by atoms with Crippen molar-refractivity contribution >= 4 is 45.5 Å². The second kappa shape index (κ2) is 10.4. The van der Waals surface area contributed by atoms with Gasteiger partial charge < -0.3 is 14.7 Å². The Morgan fingerprint density at radius 1 is 0.822 bits per heavy atom. The quantitative estimate of drug-likeness (QED) is 0.256. The monoisotopic (exact) mass is 600 g/mol. The van der Waals surface area contributed by atoms with Gasteiger partial charge >= 0.3 is 0 Å². The van der Waals surface area contributed by atoms with E-state index in [9.17, 15) is 24.3 Å². The zero-order valence-corrected chi connectivity index (χ0v) is 24.9. The Kier molecular flexibility index (Phi) is 6.39. The summed E-state index contributed by atoms with van der Waals surface area (Å²) in [5, 5.41) is 12.1. The van der Waals surface area contributed by atoms with Gasteiger partial charge in [0.1, 0.15) is 5.75 Å². The van der Waals surface area contributed by atoms with Crippen LogP contribution in [-0.2, 0) is 23.9 Å². The molecule has 8 nitrogen and oxygen atoms in total. The van der Waals surface area contributed by atoms with Gasteiger partial charge in [0.05, 0.1) is 30.7 Å². The minimum Gasteiger partial charge on any atom is -0.507 e. The maximum Gasteiger partial charge on any atom is 0.238 e. The van der Waals surface area contributed by atoms with Crippen molar-refractivity contribution in [2.24, 2.45) is 17.8 Å². The number of amides is 2. The number of hydrogen-bond acceptors (Lipinski definition) is 7. The van der Waals surface area contributed by atoms with Crippen LogP contribution in [0.4, 0.5) is 11.4 Å². The average Bonchev–Trinajstić information content (AvgIpc) is 3.33. The van der Waals surface area contributed by atoms with Crippen LogP contribution in [0.1, 0.15) is 31.2 Å². The van der Waals surface area contributed by atoms with E-state index in [4.69, 9.17) is 4.74 Å². The van der Waals surface area contributed by atoms with E-state index in [1.54, 1.807) is 13.0 Å². The molecule has 0 bridgehead atoms. The summed E-state index contributed by atoms with van der Waals surface area (Å²) in [6.45, 7) is 4.54. The van der Waals surface area contributed by atoms with Crippen molar-refractivity contribution < 1.29 is 29.0 Å². The zero-order chi connectivity index (χ0) is 31.0. The van der Waals surface area contributed by atoms with E-state index < -0.39 is 23.7 Å². The third kappa shape index (κ3) is 4.15. The van der Waals surface area contributed by atoms with Crippen LogP contribution >= 0.6 is 0 Å². The van der Waals surface area contributed by atoms with Crippen molar-refractivity contribution in [1.82, 2.24) is 0 Å². The molecule has 3 aromatic rings. The minimum atomic E-state index is -0.648. The molecule has 0 spiro atoms. The summed E-state index contributed by atoms with van der Waals surface area (Å²) in [6.07, 6.45) is 4.04. The largest absolute Gasteiger partial charge is 0.507 e. The molecular weight excluding hydrogens is 568 g/mol. The lowest BCUT2D eigenvalue weighted by Crippen LogP contribution is -2.39. The van der Waals surface area contributed by atoms with Crippen molar-refractivity contribution in [1.29, 1.82) is 0 Å². The van der Waals surface area contributed by atoms with Gasteiger partial charge in [0, 0.05) is 46.8 Å². The summed E-state index contributed by atoms with van der Waals surface area (Å²) >= 11 is 0. The Labute approximate surface area is 260 Å². The number of carbonyl (C=O) groups excluding carboxylic acids is 4. The highest BCUT2D eigenvalue weighted by Crippen LogP contribution is 2.56. The lowest BCUT2D eigenvalue weighted by molar-refractivity contribution is -0.123. The second-order valence-electron chi connectivity index (χ2n) is 12.6. The molecule has 3 aliphatic carbocycles. The molecule has 0 saturated carbocycles. The predicted octanol–water partition coefficient (Wildman–Crippen LogP) is 5.02. The number of carbonyl (C=O) groups is 4. The number of nitrogens with zero attached hydrogens (tertiary/aromatic N) is 2. The van der Waals surface area contributed by atoms with E-state index in [1.165, 1.54) is 11.0 Å². The van der Waals surface area contributed by atoms with Crippen molar-refractivity contribution in [2.75, 3.05) is 36.1 Å². The number of ether oxygens (including phenoxy) is 1. The zero-order valence-electron chi connectivity index (χ0n) is 24.9. The van der Waals surface area contributed by atoms with E-state index in [-0.39, 0.29) is 35.6 Å². The number of anilines is 2. The normalized spacial score (nSPS) is 26.5. The summed E-state index contributed by atoms with van der Waals surface area (Å²) in [6, 6.07) is 18.4. The number of hydrogen-bond donors (Lipinski definition) is 1. The van der Waals surface area contributed by atoms with Gasteiger partial charge in [-0.15, -0.1) is 0 Å². The molecule has 45 heavy (non-hydrogen) atoms. The van der Waals surface area contributed by atoms with Crippen LogP contribution in [0.15, 0.2) is 95.1 Å². The van der Waals surface area contributed by atoms with Gasteiger partial charge in [-0.2, -0.15) is 0 Å². The van der Waals surface area contributed by atoms with E-state index >= 15 is 0 Å². The van der Waals surface area contributed by atoms with Crippen molar-refractivity contribution in [3.05, 3.63) is 101 Å². The van der Waals surface area contributed by atoms with Crippen LogP contribution < -0.4 is 9.80 Å². The molecule has 5 aliphatic rings. The van der Waals surface area contributed by atoms with Crippen LogP contribution in [-0.4, -0.2) is 54.8 Å². The first-order valence-corrected chi connectivity index (χ1v) is 15.5. The van der Waals surface area contributed by atoms with Crippen molar-refractivity contribution in [3.63, 3.8) is 0 Å². The first-order valence-electron chi connectivity index (χ1n) is 15.5. The van der Waals surface area contributed by atoms with Crippen LogP contribution in [0.25, 0.3) is 10.8 Å². The van der Waals surface area contributed by atoms with Crippen molar-refractivity contribution in [3.8, 4) is 5.75 Å². The van der Waals surface area contributed by atoms with Gasteiger partial charge in [-0.3, -0.25) is 24.1 Å². The Balaban J connectivity index is 1.21. The maximum atomic E-state index is 14.3. The predicted molar refractivity (Wildman–Crippen MR) is 169 cm³/mol. The van der Waals surface area contributed by atoms with Crippen LogP contribution in [0.5, 0.6) is 5.75 Å². The summed E-state index contributed by atoms with van der Waals surface area (Å²) in [4.78, 5) is 59.1. The molecule has 0 aromatic heterocycles. The smallest absolute Gasteiger partial charge is 0.238 e. The SMILES string of the molecule is CC1=CC(=O)C2=C(C[C@@H]3C(=CC[C@@H]4C(=O)N(c5ccc(N6CCOCC6)cc5)C(=O)[C@@H]43)[C@@H]2c2ccc(O)c3ccccc23)C1=O. The number of morpholine rings is 1. The molecule has 3 aromatic carbocycles. The van der Waals surface area contributed by atoms with Gasteiger partial charge in [0.25, 0.3) is 0 Å². The lowest BCUT2D eigenvalue weighted by atomic mass is 9.59. The average molecular weight is 601 g/mol. The summed E-state index contributed by atoms with van der Waals surface area (Å²) < 4.78 is 5.46. The van der Waals surface area contributed by atoms with E-state index in [1.807, 2.05) is 60.7 Å². The molecule has 2 aliphatic heterocycles. The number of Topliss-reactive ketones (excluding diaryl/α,β-unsaturated/α-hetero) is 1. The molecule has 2 amide bonds. The number of rotatable bonds is 3. The molecule has 8 rings (SSSR count). The number of phenolic OH excluding ortho intramolecular Hbond substituents is 1. The highest BCUT2D eigenvalue weighted by atomic mass is 16.5. The molecule has 0 unspecified atom stereocenters.